The number of nitrogen functional groups attached to an aromatic ring is 2. The molecule has 0 atom stereocenters. The van der Waals surface area contributed by atoms with Gasteiger partial charge in [0.05, 0.1) is 9.79 Å². The van der Waals surface area contributed by atoms with Gasteiger partial charge in [-0.25, -0.2) is 0 Å². The molecule has 0 aliphatic heterocycles. The highest BCUT2D eigenvalue weighted by molar-refractivity contribution is 7.87. The van der Waals surface area contributed by atoms with E-state index in [-0.39, 0.29) is 32.6 Å². The molecule has 0 aliphatic rings. The van der Waals surface area contributed by atoms with E-state index in [1.165, 1.54) is 12.1 Å². The minimum atomic E-state index is -5.38. The van der Waals surface area contributed by atoms with Crippen molar-refractivity contribution >= 4 is 94.3 Å². The van der Waals surface area contributed by atoms with Crippen molar-refractivity contribution in [1.29, 1.82) is 0 Å². The first-order chi connectivity index (χ1) is 24.3. The number of phenols is 1. The zero-order valence-corrected chi connectivity index (χ0v) is 30.0. The molecule has 0 amide bonds. The van der Waals surface area contributed by atoms with E-state index in [4.69, 9.17) is 15.7 Å². The Hall–Kier alpha value is -5.11. The van der Waals surface area contributed by atoms with Crippen LogP contribution >= 0.6 is 0 Å². The summed E-state index contributed by atoms with van der Waals surface area (Å²) in [4.78, 5) is -4.25. The molecular formula is C30H22N2O16S5. The van der Waals surface area contributed by atoms with Crippen LogP contribution in [0.15, 0.2) is 103 Å². The molecular weight excluding hydrogens is 805 g/mol. The Kier molecular flexibility index (Phi) is 8.68. The number of anilines is 2. The first-order valence-electron chi connectivity index (χ1n) is 14.1. The van der Waals surface area contributed by atoms with Gasteiger partial charge in [-0.15, -0.1) is 0 Å². The van der Waals surface area contributed by atoms with Gasteiger partial charge in [0.1, 0.15) is 20.4 Å². The Morgan fingerprint density at radius 2 is 1.08 bits per heavy atom. The highest BCUT2D eigenvalue weighted by Gasteiger charge is 2.29. The number of fused-ring (bicyclic) bond motifs is 3. The predicted octanol–water partition coefficient (Wildman–Crippen LogP) is 3.44. The highest BCUT2D eigenvalue weighted by Crippen LogP contribution is 2.46. The van der Waals surface area contributed by atoms with E-state index < -0.39 is 109 Å². The van der Waals surface area contributed by atoms with E-state index in [0.717, 1.165) is 54.6 Å². The number of hydrogen-bond acceptors (Lipinski definition) is 14. The average Bonchev–Trinajstić information content (AvgIpc) is 3.02. The molecule has 18 nitrogen and oxygen atoms in total. The minimum absolute atomic E-state index is 0.0813. The lowest BCUT2D eigenvalue weighted by Gasteiger charge is -2.19. The zero-order valence-electron chi connectivity index (χ0n) is 25.9. The van der Waals surface area contributed by atoms with E-state index in [9.17, 15) is 65.4 Å². The van der Waals surface area contributed by atoms with Crippen molar-refractivity contribution in [2.24, 2.45) is 0 Å². The van der Waals surface area contributed by atoms with Crippen molar-refractivity contribution in [3.05, 3.63) is 78.9 Å². The largest absolute Gasteiger partial charge is 0.507 e. The van der Waals surface area contributed by atoms with Gasteiger partial charge in [0.2, 0.25) is 0 Å². The molecule has 6 aromatic carbocycles. The molecule has 0 heterocycles. The Morgan fingerprint density at radius 1 is 0.509 bits per heavy atom. The fraction of sp³-hybridized carbons (Fsp3) is 0. The lowest BCUT2D eigenvalue weighted by atomic mass is 9.93. The van der Waals surface area contributed by atoms with Gasteiger partial charge < -0.3 is 20.8 Å². The Labute approximate surface area is 300 Å². The van der Waals surface area contributed by atoms with Crippen molar-refractivity contribution < 1.29 is 69.6 Å². The van der Waals surface area contributed by atoms with Crippen molar-refractivity contribution in [1.82, 2.24) is 0 Å². The van der Waals surface area contributed by atoms with Crippen LogP contribution in [0.2, 0.25) is 0 Å². The smallest absolute Gasteiger partial charge is 0.339 e. The summed E-state index contributed by atoms with van der Waals surface area (Å²) in [6.07, 6.45) is 0. The second-order valence-electron chi connectivity index (χ2n) is 11.4. The van der Waals surface area contributed by atoms with Crippen LogP contribution in [0.5, 0.6) is 11.5 Å². The van der Waals surface area contributed by atoms with Gasteiger partial charge in [0.15, 0.2) is 5.75 Å². The molecule has 0 saturated heterocycles. The van der Waals surface area contributed by atoms with Crippen LogP contribution in [0.4, 0.5) is 11.4 Å². The maximum atomic E-state index is 13.9. The molecule has 0 unspecified atom stereocenters. The predicted molar refractivity (Wildman–Crippen MR) is 188 cm³/mol. The maximum Gasteiger partial charge on any atom is 0.339 e. The third-order valence-electron chi connectivity index (χ3n) is 7.94. The van der Waals surface area contributed by atoms with E-state index in [1.807, 2.05) is 0 Å². The van der Waals surface area contributed by atoms with Crippen LogP contribution in [0.25, 0.3) is 43.4 Å². The van der Waals surface area contributed by atoms with Gasteiger partial charge in [0.25, 0.3) is 40.5 Å². The SMILES string of the molecule is Nc1ccc2cc(S(=O)(=O)O)cc(S(=O)(=O)O)c2c1-c1cc2cc(S(=O)(=O)O)cc(O)c2cc1OS(=O)(=O)c1cc(N)c2c(S(=O)(=O)O)cccc2c1. The molecule has 53 heavy (non-hydrogen) atoms. The van der Waals surface area contributed by atoms with Gasteiger partial charge in [0, 0.05) is 44.7 Å². The van der Waals surface area contributed by atoms with Crippen LogP contribution < -0.4 is 15.7 Å². The molecule has 0 aromatic heterocycles. The first-order valence-corrected chi connectivity index (χ1v) is 21.3. The molecule has 0 fully saturated rings. The van der Waals surface area contributed by atoms with E-state index >= 15 is 0 Å². The molecule has 0 aliphatic carbocycles. The van der Waals surface area contributed by atoms with E-state index in [0.29, 0.717) is 12.1 Å². The fourth-order valence-electron chi connectivity index (χ4n) is 5.74. The van der Waals surface area contributed by atoms with Crippen LogP contribution in [-0.2, 0) is 50.6 Å². The van der Waals surface area contributed by atoms with Crippen molar-refractivity contribution in [2.45, 2.75) is 24.5 Å². The number of aromatic hydroxyl groups is 1. The number of rotatable bonds is 8. The molecule has 0 spiro atoms. The Balaban J connectivity index is 1.71. The molecule has 0 radical (unpaired) electrons. The fourth-order valence-corrected chi connectivity index (χ4v) is 9.41. The Morgan fingerprint density at radius 3 is 1.68 bits per heavy atom. The van der Waals surface area contributed by atoms with Gasteiger partial charge >= 0.3 is 10.1 Å². The zero-order chi connectivity index (χ0) is 39.2. The normalized spacial score (nSPS) is 13.1. The average molecular weight is 827 g/mol. The van der Waals surface area contributed by atoms with Crippen molar-refractivity contribution in [2.75, 3.05) is 11.5 Å². The monoisotopic (exact) mass is 826 g/mol. The van der Waals surface area contributed by atoms with Gasteiger partial charge in [-0.2, -0.15) is 42.1 Å². The topological polar surface area (TPSA) is 333 Å². The van der Waals surface area contributed by atoms with Gasteiger partial charge in [-0.3, -0.25) is 18.2 Å². The number of phenolic OH excluding ortho intramolecular Hbond substituents is 1. The molecule has 278 valence electrons. The third kappa shape index (κ3) is 6.92. The molecule has 0 bridgehead atoms. The summed E-state index contributed by atoms with van der Waals surface area (Å²) in [5.74, 6) is -1.56. The molecule has 23 heteroatoms. The lowest BCUT2D eigenvalue weighted by Crippen LogP contribution is -2.12. The highest BCUT2D eigenvalue weighted by atomic mass is 32.2. The minimum Gasteiger partial charge on any atom is -0.507 e. The lowest BCUT2D eigenvalue weighted by molar-refractivity contribution is 0.470. The van der Waals surface area contributed by atoms with Crippen molar-refractivity contribution in [3.63, 3.8) is 0 Å². The summed E-state index contributed by atoms with van der Waals surface area (Å²) < 4.78 is 170. The van der Waals surface area contributed by atoms with Crippen LogP contribution in [0.3, 0.4) is 0 Å². The first kappa shape index (κ1) is 37.6. The molecule has 6 rings (SSSR count). The summed E-state index contributed by atoms with van der Waals surface area (Å²) in [7, 11) is -25.3. The summed E-state index contributed by atoms with van der Waals surface area (Å²) in [6, 6.07) is 12.0. The van der Waals surface area contributed by atoms with Gasteiger partial charge in [-0.05, 0) is 70.8 Å². The summed E-state index contributed by atoms with van der Waals surface area (Å²) in [5, 5.41) is 9.10. The Bertz CT molecular complexity index is 3180. The third-order valence-corrected chi connectivity index (χ3v) is 12.6. The second-order valence-corrected chi connectivity index (χ2v) is 18.5. The van der Waals surface area contributed by atoms with Crippen LogP contribution in [0.1, 0.15) is 0 Å². The maximum absolute atomic E-state index is 13.9. The number of nitrogens with two attached hydrogens (primary N) is 2. The summed E-state index contributed by atoms with van der Waals surface area (Å²) >= 11 is 0. The molecule has 0 saturated carbocycles. The molecule has 6 aromatic rings. The van der Waals surface area contributed by atoms with Gasteiger partial charge in [-0.1, -0.05) is 18.2 Å². The molecule has 9 N–H and O–H groups in total. The quantitative estimate of drug-likeness (QED) is 0.0656. The second kappa shape index (κ2) is 12.2. The number of hydrogen-bond donors (Lipinski definition) is 7. The number of benzene rings is 6. The standard InChI is InChI=1S/C30H22N2O16S5/c31-22-5-4-15-6-18(50(37,38)39)12-27(52(43,44)45)29(15)30(22)21-9-16-8-17(49(34,35)36)11-24(33)20(16)13-25(21)48-53(46,47)19-7-14-2-1-3-26(51(40,41)42)28(14)23(32)10-19/h1-13,33H,31-32H2,(H,34,35,36)(H,37,38,39)(H,40,41,42)(H,43,44,45). The summed E-state index contributed by atoms with van der Waals surface area (Å²) in [6.45, 7) is 0. The van der Waals surface area contributed by atoms with Crippen LogP contribution in [0, 0.1) is 0 Å². The van der Waals surface area contributed by atoms with E-state index in [2.05, 4.69) is 0 Å². The summed E-state index contributed by atoms with van der Waals surface area (Å²) in [5.41, 5.74) is 10.6. The van der Waals surface area contributed by atoms with Crippen LogP contribution in [-0.4, -0.2) is 65.4 Å². The van der Waals surface area contributed by atoms with E-state index in [1.54, 1.807) is 0 Å². The van der Waals surface area contributed by atoms with Crippen molar-refractivity contribution in [3.8, 4) is 22.6 Å².